The van der Waals surface area contributed by atoms with Gasteiger partial charge in [-0.2, -0.15) is 15.0 Å². The zero-order valence-corrected chi connectivity index (χ0v) is 14.3. The molecule has 132 valence electrons. The molecule has 0 saturated carbocycles. The molecular formula is C14H30N8O. The minimum atomic E-state index is 0. The van der Waals surface area contributed by atoms with Crippen molar-refractivity contribution in [2.45, 2.75) is 19.8 Å². The van der Waals surface area contributed by atoms with Crippen molar-refractivity contribution in [1.29, 1.82) is 0 Å². The second-order valence-corrected chi connectivity index (χ2v) is 5.22. The Morgan fingerprint density at radius 1 is 1.00 bits per heavy atom. The Morgan fingerprint density at radius 3 is 2.22 bits per heavy atom. The smallest absolute Gasteiger partial charge is 0.229 e. The van der Waals surface area contributed by atoms with E-state index in [4.69, 9.17) is 4.74 Å². The zero-order valence-electron chi connectivity index (χ0n) is 14.3. The third-order valence-corrected chi connectivity index (χ3v) is 3.43. The lowest BCUT2D eigenvalue weighted by atomic mass is 10.3. The lowest BCUT2D eigenvalue weighted by molar-refractivity contribution is 0.0378. The first kappa shape index (κ1) is 19.3. The number of aromatic nitrogens is 3. The molecule has 9 heteroatoms. The molecule has 0 unspecified atom stereocenters. The molecule has 0 amide bonds. The van der Waals surface area contributed by atoms with Gasteiger partial charge in [0.1, 0.15) is 0 Å². The van der Waals surface area contributed by atoms with Gasteiger partial charge in [-0.05, 0) is 19.4 Å². The number of hydrogen-bond donors (Lipinski definition) is 4. The topological polar surface area (TPSA) is 122 Å². The first-order chi connectivity index (χ1) is 10.8. The number of ether oxygens (including phenoxy) is 1. The summed E-state index contributed by atoms with van der Waals surface area (Å²) in [6.45, 7) is 8.62. The predicted octanol–water partition coefficient (Wildman–Crippen LogP) is 1.03. The molecule has 0 bridgehead atoms. The Kier molecular flexibility index (Phi) is 9.18. The highest BCUT2D eigenvalue weighted by Gasteiger charge is 2.09. The third kappa shape index (κ3) is 6.93. The zero-order chi connectivity index (χ0) is 15.6. The number of nitrogens with zero attached hydrogens (tertiary/aromatic N) is 4. The maximum Gasteiger partial charge on any atom is 0.229 e. The van der Waals surface area contributed by atoms with Gasteiger partial charge in [-0.25, -0.2) is 0 Å². The summed E-state index contributed by atoms with van der Waals surface area (Å²) in [5.41, 5.74) is 0. The van der Waals surface area contributed by atoms with Crippen molar-refractivity contribution in [3.8, 4) is 0 Å². The normalized spacial score (nSPS) is 14.9. The Morgan fingerprint density at radius 2 is 1.61 bits per heavy atom. The molecule has 1 aliphatic heterocycles. The van der Waals surface area contributed by atoms with Gasteiger partial charge in [-0.15, -0.1) is 0 Å². The van der Waals surface area contributed by atoms with Crippen LogP contribution < -0.4 is 22.1 Å². The first-order valence-electron chi connectivity index (χ1n) is 8.03. The number of nitrogens with one attached hydrogen (secondary N) is 3. The van der Waals surface area contributed by atoms with Crippen molar-refractivity contribution in [2.75, 3.05) is 68.9 Å². The van der Waals surface area contributed by atoms with Gasteiger partial charge in [-0.1, -0.05) is 6.92 Å². The monoisotopic (exact) mass is 326 g/mol. The Balaban J connectivity index is 0.00000264. The van der Waals surface area contributed by atoms with Gasteiger partial charge in [0, 0.05) is 33.2 Å². The summed E-state index contributed by atoms with van der Waals surface area (Å²) in [4.78, 5) is 15.4. The largest absolute Gasteiger partial charge is 0.379 e. The van der Waals surface area contributed by atoms with E-state index in [-0.39, 0.29) is 6.15 Å². The van der Waals surface area contributed by atoms with Crippen LogP contribution in [0.2, 0.25) is 0 Å². The highest BCUT2D eigenvalue weighted by Crippen LogP contribution is 2.09. The molecule has 0 aromatic carbocycles. The van der Waals surface area contributed by atoms with Crippen LogP contribution >= 0.6 is 0 Å². The molecule has 1 aromatic rings. The summed E-state index contributed by atoms with van der Waals surface area (Å²) in [7, 11) is 1.81. The van der Waals surface area contributed by atoms with Crippen molar-refractivity contribution in [2.24, 2.45) is 0 Å². The van der Waals surface area contributed by atoms with Crippen LogP contribution in [0, 0.1) is 0 Å². The van der Waals surface area contributed by atoms with Gasteiger partial charge in [-0.3, -0.25) is 4.90 Å². The van der Waals surface area contributed by atoms with E-state index in [1.165, 1.54) is 0 Å². The molecular weight excluding hydrogens is 296 g/mol. The molecule has 0 atom stereocenters. The summed E-state index contributed by atoms with van der Waals surface area (Å²) in [6, 6.07) is 0. The van der Waals surface area contributed by atoms with E-state index in [2.05, 4.69) is 42.7 Å². The molecule has 1 saturated heterocycles. The highest BCUT2D eigenvalue weighted by atomic mass is 16.5. The van der Waals surface area contributed by atoms with E-state index < -0.39 is 0 Å². The molecule has 1 aliphatic rings. The Labute approximate surface area is 138 Å². The molecule has 6 N–H and O–H groups in total. The number of rotatable bonds is 9. The van der Waals surface area contributed by atoms with Crippen molar-refractivity contribution < 1.29 is 4.74 Å². The van der Waals surface area contributed by atoms with Crippen LogP contribution in [0.4, 0.5) is 17.8 Å². The van der Waals surface area contributed by atoms with Crippen molar-refractivity contribution in [3.63, 3.8) is 0 Å². The summed E-state index contributed by atoms with van der Waals surface area (Å²) >= 11 is 0. The summed E-state index contributed by atoms with van der Waals surface area (Å²) in [5.74, 6) is 1.79. The van der Waals surface area contributed by atoms with E-state index in [1.54, 1.807) is 7.05 Å². The van der Waals surface area contributed by atoms with Crippen molar-refractivity contribution in [3.05, 3.63) is 0 Å². The molecule has 2 rings (SSSR count). The van der Waals surface area contributed by atoms with Crippen LogP contribution in [-0.2, 0) is 4.74 Å². The van der Waals surface area contributed by atoms with Crippen molar-refractivity contribution in [1.82, 2.24) is 26.0 Å². The third-order valence-electron chi connectivity index (χ3n) is 3.43. The second kappa shape index (κ2) is 10.9. The van der Waals surface area contributed by atoms with E-state index in [0.717, 1.165) is 58.8 Å². The highest BCUT2D eigenvalue weighted by molar-refractivity contribution is 5.41. The molecule has 1 aromatic heterocycles. The van der Waals surface area contributed by atoms with Crippen molar-refractivity contribution >= 4 is 17.8 Å². The van der Waals surface area contributed by atoms with Gasteiger partial charge >= 0.3 is 0 Å². The average Bonchev–Trinajstić information content (AvgIpc) is 2.57. The SMILES string of the molecule is CCCNc1nc(NC)nc(NCCCN2CCOCC2)n1.N. The van der Waals surface area contributed by atoms with E-state index in [0.29, 0.717) is 17.8 Å². The fourth-order valence-corrected chi connectivity index (χ4v) is 2.21. The predicted molar refractivity (Wildman–Crippen MR) is 93.5 cm³/mol. The van der Waals surface area contributed by atoms with E-state index in [1.807, 2.05) is 0 Å². The lowest BCUT2D eigenvalue weighted by Gasteiger charge is -2.26. The lowest BCUT2D eigenvalue weighted by Crippen LogP contribution is -2.37. The minimum absolute atomic E-state index is 0. The van der Waals surface area contributed by atoms with Gasteiger partial charge < -0.3 is 26.8 Å². The van der Waals surface area contributed by atoms with E-state index >= 15 is 0 Å². The fourth-order valence-electron chi connectivity index (χ4n) is 2.21. The Bertz CT molecular complexity index is 439. The van der Waals surface area contributed by atoms with Crippen LogP contribution in [0.5, 0.6) is 0 Å². The molecule has 0 aliphatic carbocycles. The second-order valence-electron chi connectivity index (χ2n) is 5.22. The maximum atomic E-state index is 5.35. The number of anilines is 3. The fraction of sp³-hybridized carbons (Fsp3) is 0.786. The van der Waals surface area contributed by atoms with Crippen LogP contribution in [0.1, 0.15) is 19.8 Å². The summed E-state index contributed by atoms with van der Waals surface area (Å²) in [5, 5.41) is 9.42. The first-order valence-corrected chi connectivity index (χ1v) is 8.03. The molecule has 2 heterocycles. The standard InChI is InChI=1S/C14H27N7O.H3N/c1-3-5-16-13-18-12(15-2)19-14(20-13)17-6-4-7-21-8-10-22-11-9-21;/h3-11H2,1-2H3,(H3,15,16,17,18,19,20);1H3. The minimum Gasteiger partial charge on any atom is -0.379 e. The van der Waals surface area contributed by atoms with Crippen LogP contribution in [0.15, 0.2) is 0 Å². The summed E-state index contributed by atoms with van der Waals surface area (Å²) < 4.78 is 5.35. The molecule has 1 fully saturated rings. The van der Waals surface area contributed by atoms with Crippen LogP contribution in [0.3, 0.4) is 0 Å². The van der Waals surface area contributed by atoms with Gasteiger partial charge in [0.25, 0.3) is 0 Å². The molecule has 0 radical (unpaired) electrons. The number of hydrogen-bond acceptors (Lipinski definition) is 9. The molecule has 23 heavy (non-hydrogen) atoms. The number of morpholine rings is 1. The van der Waals surface area contributed by atoms with Crippen LogP contribution in [0.25, 0.3) is 0 Å². The average molecular weight is 326 g/mol. The van der Waals surface area contributed by atoms with E-state index in [9.17, 15) is 0 Å². The van der Waals surface area contributed by atoms with Gasteiger partial charge in [0.05, 0.1) is 13.2 Å². The Hall–Kier alpha value is -1.71. The summed E-state index contributed by atoms with van der Waals surface area (Å²) in [6.07, 6.45) is 2.08. The van der Waals surface area contributed by atoms with Crippen LogP contribution in [-0.4, -0.2) is 72.8 Å². The van der Waals surface area contributed by atoms with Gasteiger partial charge in [0.15, 0.2) is 0 Å². The molecule has 9 nitrogen and oxygen atoms in total. The quantitative estimate of drug-likeness (QED) is 0.493. The van der Waals surface area contributed by atoms with Gasteiger partial charge in [0.2, 0.25) is 17.8 Å². The maximum absolute atomic E-state index is 5.35. The molecule has 0 spiro atoms.